The lowest BCUT2D eigenvalue weighted by Crippen LogP contribution is -2.34. The van der Waals surface area contributed by atoms with Crippen LogP contribution in [0.1, 0.15) is 42.9 Å². The lowest BCUT2D eigenvalue weighted by atomic mass is 9.99. The summed E-state index contributed by atoms with van der Waals surface area (Å²) in [5, 5.41) is 2.86. The number of halogens is 1. The molecule has 1 unspecified atom stereocenters. The van der Waals surface area contributed by atoms with Gasteiger partial charge in [-0.25, -0.2) is 4.79 Å². The number of nitrogens with one attached hydrogen (secondary N) is 1. The van der Waals surface area contributed by atoms with Gasteiger partial charge in [0.25, 0.3) is 0 Å². The zero-order valence-electron chi connectivity index (χ0n) is 18.1. The van der Waals surface area contributed by atoms with Gasteiger partial charge in [-0.15, -0.1) is 0 Å². The first kappa shape index (κ1) is 23.5. The molecule has 0 spiro atoms. The van der Waals surface area contributed by atoms with E-state index in [1.807, 2.05) is 49.4 Å². The molecule has 0 aliphatic heterocycles. The van der Waals surface area contributed by atoms with Gasteiger partial charge in [0.1, 0.15) is 18.1 Å². The second-order valence-corrected chi connectivity index (χ2v) is 7.29. The Kier molecular flexibility index (Phi) is 9.98. The Morgan fingerprint density at radius 3 is 2.33 bits per heavy atom. The van der Waals surface area contributed by atoms with Crippen molar-refractivity contribution in [3.63, 3.8) is 0 Å². The zero-order chi connectivity index (χ0) is 21.8. The molecule has 30 heavy (non-hydrogen) atoms. The number of methoxy groups -OCH3 is 2. The van der Waals surface area contributed by atoms with E-state index in [0.29, 0.717) is 12.8 Å². The van der Waals surface area contributed by atoms with E-state index in [4.69, 9.17) is 14.2 Å². The average molecular weight is 418 g/mol. The quantitative estimate of drug-likeness (QED) is 0.480. The minimum Gasteiger partial charge on any atom is -0.496 e. The Morgan fingerprint density at radius 1 is 1.00 bits per heavy atom. The molecule has 0 aliphatic rings. The van der Waals surface area contributed by atoms with Gasteiger partial charge in [0.2, 0.25) is 0 Å². The second kappa shape index (κ2) is 12.7. The van der Waals surface area contributed by atoms with Crippen molar-refractivity contribution >= 4 is 6.09 Å². The number of carbonyl (C=O) groups excluding carboxylic acids is 1. The van der Waals surface area contributed by atoms with Gasteiger partial charge < -0.3 is 19.5 Å². The lowest BCUT2D eigenvalue weighted by Gasteiger charge is -2.18. The van der Waals surface area contributed by atoms with Gasteiger partial charge in [-0.1, -0.05) is 36.8 Å². The maximum absolute atomic E-state index is 12.3. The van der Waals surface area contributed by atoms with E-state index in [9.17, 15) is 9.18 Å². The summed E-state index contributed by atoms with van der Waals surface area (Å²) in [6.45, 7) is 1.87. The molecule has 0 saturated heterocycles. The van der Waals surface area contributed by atoms with Crippen molar-refractivity contribution in [2.24, 2.45) is 0 Å². The van der Waals surface area contributed by atoms with Crippen molar-refractivity contribution in [3.8, 4) is 11.5 Å². The normalized spacial score (nSPS) is 11.6. The Balaban J connectivity index is 1.95. The van der Waals surface area contributed by atoms with E-state index < -0.39 is 6.09 Å². The summed E-state index contributed by atoms with van der Waals surface area (Å²) in [6.07, 6.45) is 3.24. The van der Waals surface area contributed by atoms with Crippen LogP contribution >= 0.6 is 0 Å². The van der Waals surface area contributed by atoms with E-state index in [1.165, 1.54) is 0 Å². The molecule has 6 heteroatoms. The van der Waals surface area contributed by atoms with Crippen LogP contribution in [0, 0.1) is 0 Å². The highest BCUT2D eigenvalue weighted by Gasteiger charge is 2.16. The molecule has 2 aromatic carbocycles. The summed E-state index contributed by atoms with van der Waals surface area (Å²) in [6, 6.07) is 13.3. The van der Waals surface area contributed by atoms with Crippen molar-refractivity contribution in [1.82, 2.24) is 5.32 Å². The summed E-state index contributed by atoms with van der Waals surface area (Å²) in [5.41, 5.74) is 2.92. The molecule has 0 saturated carbocycles. The zero-order valence-corrected chi connectivity index (χ0v) is 18.1. The monoisotopic (exact) mass is 417 g/mol. The molecular weight excluding hydrogens is 385 g/mol. The molecule has 1 N–H and O–H groups in total. The molecule has 0 heterocycles. The number of hydrogen-bond donors (Lipinski definition) is 1. The summed E-state index contributed by atoms with van der Waals surface area (Å²) in [5.74, 6) is 1.53. The molecule has 0 aliphatic carbocycles. The third-order valence-corrected chi connectivity index (χ3v) is 4.87. The first-order chi connectivity index (χ1) is 14.6. The van der Waals surface area contributed by atoms with E-state index in [0.717, 1.165) is 47.5 Å². The number of hydrogen-bond acceptors (Lipinski definition) is 4. The molecule has 0 bridgehead atoms. The van der Waals surface area contributed by atoms with Gasteiger partial charge in [0.15, 0.2) is 0 Å². The minimum atomic E-state index is -0.457. The number of alkyl carbamates (subject to hydrolysis) is 1. The van der Waals surface area contributed by atoms with Crippen LogP contribution in [0.25, 0.3) is 0 Å². The van der Waals surface area contributed by atoms with Crippen LogP contribution in [-0.4, -0.2) is 33.0 Å². The van der Waals surface area contributed by atoms with Crippen LogP contribution in [0.5, 0.6) is 11.5 Å². The molecule has 164 valence electrons. The highest BCUT2D eigenvalue weighted by atomic mass is 19.1. The molecule has 1 atom stereocenters. The molecule has 0 radical (unpaired) electrons. The first-order valence-corrected chi connectivity index (χ1v) is 10.3. The molecule has 5 nitrogen and oxygen atoms in total. The smallest absolute Gasteiger partial charge is 0.407 e. The van der Waals surface area contributed by atoms with Crippen LogP contribution in [0.4, 0.5) is 9.18 Å². The first-order valence-electron chi connectivity index (χ1n) is 10.3. The maximum atomic E-state index is 12.3. The van der Waals surface area contributed by atoms with Crippen molar-refractivity contribution in [2.45, 2.75) is 51.7 Å². The van der Waals surface area contributed by atoms with E-state index >= 15 is 0 Å². The number of aryl methyl sites for hydroxylation is 1. The van der Waals surface area contributed by atoms with Gasteiger partial charge in [-0.3, -0.25) is 4.39 Å². The van der Waals surface area contributed by atoms with Crippen molar-refractivity contribution < 1.29 is 23.4 Å². The van der Waals surface area contributed by atoms with Crippen molar-refractivity contribution in [2.75, 3.05) is 20.9 Å². The Morgan fingerprint density at radius 2 is 1.67 bits per heavy atom. The van der Waals surface area contributed by atoms with Gasteiger partial charge in [-0.2, -0.15) is 0 Å². The van der Waals surface area contributed by atoms with Crippen molar-refractivity contribution in [3.05, 3.63) is 59.2 Å². The number of alkyl halides is 1. The highest BCUT2D eigenvalue weighted by Crippen LogP contribution is 2.31. The number of unbranched alkanes of at least 4 members (excludes halogenated alkanes) is 2. The third-order valence-electron chi connectivity index (χ3n) is 4.87. The molecule has 0 aromatic heterocycles. The maximum Gasteiger partial charge on any atom is 0.407 e. The molecule has 2 aromatic rings. The molecule has 0 fully saturated rings. The van der Waals surface area contributed by atoms with Crippen LogP contribution < -0.4 is 14.8 Å². The van der Waals surface area contributed by atoms with Crippen LogP contribution in [0.2, 0.25) is 0 Å². The van der Waals surface area contributed by atoms with Crippen LogP contribution in [-0.2, 0) is 24.2 Å². The molecule has 1 amide bonds. The van der Waals surface area contributed by atoms with Gasteiger partial charge in [0, 0.05) is 6.04 Å². The highest BCUT2D eigenvalue weighted by molar-refractivity contribution is 5.67. The fraction of sp³-hybridized carbons (Fsp3) is 0.458. The fourth-order valence-corrected chi connectivity index (χ4v) is 3.31. The average Bonchev–Trinajstić information content (AvgIpc) is 2.76. The van der Waals surface area contributed by atoms with E-state index in [-0.39, 0.29) is 19.3 Å². The molecule has 2 rings (SSSR count). The number of carbonyl (C=O) groups is 1. The number of amides is 1. The standard InChI is InChI=1S/C24H32FNO4/c1-18(26-24(27)30-17-19-10-6-4-7-11-19)14-21-16-22(28-2)20(15-23(21)29-3)12-8-5-9-13-25/h4,6-7,10-11,15-16,18H,5,8-9,12-14,17H2,1-3H3,(H,26,27). The minimum absolute atomic E-state index is 0.151. The summed E-state index contributed by atoms with van der Waals surface area (Å²) < 4.78 is 28.7. The second-order valence-electron chi connectivity index (χ2n) is 7.29. The summed E-state index contributed by atoms with van der Waals surface area (Å²) in [4.78, 5) is 12.1. The van der Waals surface area contributed by atoms with E-state index in [2.05, 4.69) is 5.32 Å². The van der Waals surface area contributed by atoms with Crippen LogP contribution in [0.15, 0.2) is 42.5 Å². The number of ether oxygens (including phenoxy) is 3. The largest absolute Gasteiger partial charge is 0.496 e. The summed E-state index contributed by atoms with van der Waals surface area (Å²) >= 11 is 0. The van der Waals surface area contributed by atoms with Gasteiger partial charge in [0.05, 0.1) is 20.9 Å². The van der Waals surface area contributed by atoms with Crippen molar-refractivity contribution in [1.29, 1.82) is 0 Å². The topological polar surface area (TPSA) is 56.8 Å². The number of benzene rings is 2. The number of rotatable bonds is 12. The molecular formula is C24H32FNO4. The Labute approximate surface area is 178 Å². The Hall–Kier alpha value is -2.76. The predicted octanol–water partition coefficient (Wildman–Crippen LogP) is 5.24. The van der Waals surface area contributed by atoms with Gasteiger partial charge >= 0.3 is 6.09 Å². The fourth-order valence-electron chi connectivity index (χ4n) is 3.31. The van der Waals surface area contributed by atoms with Gasteiger partial charge in [-0.05, 0) is 61.4 Å². The predicted molar refractivity (Wildman–Crippen MR) is 116 cm³/mol. The lowest BCUT2D eigenvalue weighted by molar-refractivity contribution is 0.136. The Bertz CT molecular complexity index is 782. The third kappa shape index (κ3) is 7.58. The summed E-state index contributed by atoms with van der Waals surface area (Å²) in [7, 11) is 3.27. The SMILES string of the molecule is COc1cc(CC(C)NC(=O)OCc2ccccc2)c(OC)cc1CCCCCF. The van der Waals surface area contributed by atoms with Crippen LogP contribution in [0.3, 0.4) is 0 Å². The van der Waals surface area contributed by atoms with E-state index in [1.54, 1.807) is 14.2 Å².